The zero-order valence-electron chi connectivity index (χ0n) is 10.6. The quantitative estimate of drug-likeness (QED) is 0.672. The molecule has 2 atom stereocenters. The standard InChI is InChI=1S/C14H14BNO3/c1-13(18)10-5-3-2-4-8(10)11-9(12(13)17)6-7-14(15,16)19-11/h2-5,18H,6-7,16H2,1H3. The molecule has 3 N–H and O–H groups in total. The number of ether oxygens (including phenoxy) is 1. The first-order valence-corrected chi connectivity index (χ1v) is 6.20. The number of hydrogen-bond donors (Lipinski definition) is 2. The largest absolute Gasteiger partial charge is 0.482 e. The number of rotatable bonds is 0. The van der Waals surface area contributed by atoms with Crippen LogP contribution in [0.25, 0.3) is 5.76 Å². The average molecular weight is 255 g/mol. The normalized spacial score (nSPS) is 33.5. The van der Waals surface area contributed by atoms with E-state index < -0.39 is 11.2 Å². The molecule has 3 rings (SSSR count). The van der Waals surface area contributed by atoms with Crippen LogP contribution in [0.1, 0.15) is 30.9 Å². The second-order valence-electron chi connectivity index (χ2n) is 5.31. The van der Waals surface area contributed by atoms with E-state index in [1.54, 1.807) is 18.2 Å². The molecule has 2 unspecified atom stereocenters. The highest BCUT2D eigenvalue weighted by Gasteiger charge is 2.45. The second kappa shape index (κ2) is 3.71. The lowest BCUT2D eigenvalue weighted by Crippen LogP contribution is -2.48. The van der Waals surface area contributed by atoms with Crippen LogP contribution in [0.2, 0.25) is 0 Å². The molecule has 2 radical (unpaired) electrons. The molecule has 19 heavy (non-hydrogen) atoms. The molecule has 1 aliphatic heterocycles. The summed E-state index contributed by atoms with van der Waals surface area (Å²) in [6, 6.07) is 7.10. The number of carbonyl (C=O) groups excluding carboxylic acids is 1. The Kier molecular flexibility index (Phi) is 2.43. The third-order valence-electron chi connectivity index (χ3n) is 3.74. The molecule has 1 heterocycles. The van der Waals surface area contributed by atoms with Gasteiger partial charge in [-0.2, -0.15) is 0 Å². The molecule has 1 aliphatic carbocycles. The number of carbonyl (C=O) groups is 1. The molecule has 0 spiro atoms. The van der Waals surface area contributed by atoms with Gasteiger partial charge in [0.2, 0.25) is 0 Å². The van der Waals surface area contributed by atoms with E-state index in [0.29, 0.717) is 35.3 Å². The molecular weight excluding hydrogens is 241 g/mol. The van der Waals surface area contributed by atoms with E-state index in [4.69, 9.17) is 18.3 Å². The maximum Gasteiger partial charge on any atom is 0.198 e. The van der Waals surface area contributed by atoms with Crippen LogP contribution in [0, 0.1) is 0 Å². The van der Waals surface area contributed by atoms with Gasteiger partial charge in [-0.15, -0.1) is 0 Å². The second-order valence-corrected chi connectivity index (χ2v) is 5.31. The Balaban J connectivity index is 2.25. The summed E-state index contributed by atoms with van der Waals surface area (Å²) >= 11 is 0. The molecule has 0 fully saturated rings. The van der Waals surface area contributed by atoms with Gasteiger partial charge in [-0.05, 0) is 19.8 Å². The zero-order valence-corrected chi connectivity index (χ0v) is 10.6. The summed E-state index contributed by atoms with van der Waals surface area (Å²) in [5.74, 6) is 0.0695. The van der Waals surface area contributed by atoms with Gasteiger partial charge in [0.15, 0.2) is 13.6 Å². The van der Waals surface area contributed by atoms with Gasteiger partial charge < -0.3 is 15.6 Å². The minimum Gasteiger partial charge on any atom is -0.482 e. The zero-order chi connectivity index (χ0) is 13.8. The number of benzene rings is 1. The molecule has 0 saturated carbocycles. The Hall–Kier alpha value is -1.59. The van der Waals surface area contributed by atoms with Gasteiger partial charge in [-0.25, -0.2) is 0 Å². The van der Waals surface area contributed by atoms with Crippen LogP contribution in [0.3, 0.4) is 0 Å². The van der Waals surface area contributed by atoms with Crippen molar-refractivity contribution in [1.82, 2.24) is 0 Å². The van der Waals surface area contributed by atoms with Crippen molar-refractivity contribution in [2.45, 2.75) is 31.0 Å². The molecule has 1 aromatic rings. The van der Waals surface area contributed by atoms with E-state index in [1.165, 1.54) is 6.92 Å². The number of nitrogens with two attached hydrogens (primary N) is 1. The van der Waals surface area contributed by atoms with Gasteiger partial charge >= 0.3 is 0 Å². The number of aliphatic hydroxyl groups is 1. The summed E-state index contributed by atoms with van der Waals surface area (Å²) in [6.07, 6.45) is 0.751. The van der Waals surface area contributed by atoms with Crippen LogP contribution in [-0.2, 0) is 15.1 Å². The average Bonchev–Trinajstić information content (AvgIpc) is 2.36. The highest BCUT2D eigenvalue weighted by atomic mass is 16.5. The lowest BCUT2D eigenvalue weighted by Gasteiger charge is -2.40. The van der Waals surface area contributed by atoms with Crippen LogP contribution in [0.5, 0.6) is 0 Å². The smallest absolute Gasteiger partial charge is 0.198 e. The number of ketones is 1. The summed E-state index contributed by atoms with van der Waals surface area (Å²) in [7, 11) is 5.80. The third-order valence-corrected chi connectivity index (χ3v) is 3.74. The first-order valence-electron chi connectivity index (χ1n) is 6.20. The maximum absolute atomic E-state index is 12.4. The lowest BCUT2D eigenvalue weighted by atomic mass is 9.73. The maximum atomic E-state index is 12.4. The Morgan fingerprint density at radius 2 is 2.11 bits per heavy atom. The van der Waals surface area contributed by atoms with Crippen molar-refractivity contribution >= 4 is 19.4 Å². The first kappa shape index (κ1) is 12.4. The molecule has 5 heteroatoms. The van der Waals surface area contributed by atoms with Crippen molar-refractivity contribution < 1.29 is 14.6 Å². The number of Topliss-reactive ketones (excluding diaryl/α,β-unsaturated/α-hetero) is 1. The van der Waals surface area contributed by atoms with Crippen LogP contribution >= 0.6 is 0 Å². The summed E-state index contributed by atoms with van der Waals surface area (Å²) in [5, 5.41) is 10.5. The van der Waals surface area contributed by atoms with Crippen molar-refractivity contribution in [2.24, 2.45) is 5.73 Å². The molecule has 1 aromatic carbocycles. The van der Waals surface area contributed by atoms with Crippen molar-refractivity contribution in [3.63, 3.8) is 0 Å². The van der Waals surface area contributed by atoms with Crippen molar-refractivity contribution in [1.29, 1.82) is 0 Å². The fourth-order valence-corrected chi connectivity index (χ4v) is 2.69. The van der Waals surface area contributed by atoms with Crippen molar-refractivity contribution in [2.75, 3.05) is 0 Å². The molecular formula is C14H14BNO3. The Morgan fingerprint density at radius 3 is 2.84 bits per heavy atom. The van der Waals surface area contributed by atoms with Crippen molar-refractivity contribution in [3.8, 4) is 0 Å². The summed E-state index contributed by atoms with van der Waals surface area (Å²) < 4.78 is 5.57. The minimum atomic E-state index is -1.53. The van der Waals surface area contributed by atoms with Crippen LogP contribution in [0.15, 0.2) is 29.8 Å². The van der Waals surface area contributed by atoms with E-state index >= 15 is 0 Å². The minimum absolute atomic E-state index is 0.336. The first-order chi connectivity index (χ1) is 8.83. The topological polar surface area (TPSA) is 72.6 Å². The summed E-state index contributed by atoms with van der Waals surface area (Å²) in [4.78, 5) is 12.4. The van der Waals surface area contributed by atoms with Gasteiger partial charge in [0.05, 0.1) is 0 Å². The molecule has 0 saturated heterocycles. The van der Waals surface area contributed by atoms with E-state index in [2.05, 4.69) is 0 Å². The van der Waals surface area contributed by atoms with Crippen LogP contribution in [0.4, 0.5) is 0 Å². The highest BCUT2D eigenvalue weighted by molar-refractivity contribution is 6.16. The Bertz CT molecular complexity index is 604. The monoisotopic (exact) mass is 255 g/mol. The van der Waals surface area contributed by atoms with Gasteiger partial charge in [0.1, 0.15) is 17.0 Å². The molecule has 4 nitrogen and oxygen atoms in total. The van der Waals surface area contributed by atoms with Crippen LogP contribution in [-0.4, -0.2) is 24.4 Å². The van der Waals surface area contributed by atoms with E-state index in [9.17, 15) is 9.90 Å². The molecule has 2 aliphatic rings. The predicted molar refractivity (Wildman–Crippen MR) is 70.9 cm³/mol. The highest BCUT2D eigenvalue weighted by Crippen LogP contribution is 2.44. The van der Waals surface area contributed by atoms with Crippen molar-refractivity contribution in [3.05, 3.63) is 41.0 Å². The van der Waals surface area contributed by atoms with E-state index in [0.717, 1.165) is 0 Å². The molecule has 0 amide bonds. The van der Waals surface area contributed by atoms with Gasteiger partial charge in [-0.3, -0.25) is 4.79 Å². The SMILES string of the molecule is [B]C1(N)CCC2=C(O1)c1ccccc1C(C)(O)C2=O. The van der Waals surface area contributed by atoms with Gasteiger partial charge in [0, 0.05) is 16.7 Å². The van der Waals surface area contributed by atoms with Gasteiger partial charge in [-0.1, -0.05) is 24.3 Å². The fraction of sp³-hybridized carbons (Fsp3) is 0.357. The molecule has 0 aromatic heterocycles. The number of fused-ring (bicyclic) bond motifs is 2. The fourth-order valence-electron chi connectivity index (χ4n) is 2.69. The Labute approximate surface area is 112 Å². The third kappa shape index (κ3) is 1.73. The van der Waals surface area contributed by atoms with Crippen LogP contribution < -0.4 is 5.73 Å². The predicted octanol–water partition coefficient (Wildman–Crippen LogP) is 0.779. The Morgan fingerprint density at radius 1 is 1.42 bits per heavy atom. The van der Waals surface area contributed by atoms with Gasteiger partial charge in [0.25, 0.3) is 0 Å². The lowest BCUT2D eigenvalue weighted by molar-refractivity contribution is -0.133. The summed E-state index contributed by atoms with van der Waals surface area (Å²) in [6.45, 7) is 1.50. The molecule has 96 valence electrons. The van der Waals surface area contributed by atoms with E-state index in [-0.39, 0.29) is 5.78 Å². The summed E-state index contributed by atoms with van der Waals surface area (Å²) in [5.41, 5.74) is 4.68. The molecule has 0 bridgehead atoms. The van der Waals surface area contributed by atoms with E-state index in [1.807, 2.05) is 6.07 Å². The number of hydrogen-bond acceptors (Lipinski definition) is 4.